The van der Waals surface area contributed by atoms with Crippen LogP contribution in [0.15, 0.2) is 18.2 Å². The van der Waals surface area contributed by atoms with E-state index in [4.69, 9.17) is 0 Å². The van der Waals surface area contributed by atoms with Crippen molar-refractivity contribution in [2.24, 2.45) is 0 Å². The van der Waals surface area contributed by atoms with Crippen molar-refractivity contribution in [3.8, 4) is 0 Å². The molecule has 0 bridgehead atoms. The van der Waals surface area contributed by atoms with Gasteiger partial charge in [-0.2, -0.15) is 0 Å². The second kappa shape index (κ2) is 1.60. The zero-order valence-electron chi connectivity index (χ0n) is 6.23. The second-order valence-corrected chi connectivity index (χ2v) is 3.14. The van der Waals surface area contributed by atoms with Crippen LogP contribution < -0.4 is 4.90 Å². The minimum atomic E-state index is -0.312. The van der Waals surface area contributed by atoms with E-state index in [9.17, 15) is 10.1 Å². The van der Waals surface area contributed by atoms with Crippen molar-refractivity contribution in [2.45, 2.75) is 6.04 Å². The van der Waals surface area contributed by atoms with Gasteiger partial charge >= 0.3 is 0 Å². The summed E-state index contributed by atoms with van der Waals surface area (Å²) in [5.74, 6) is 0. The van der Waals surface area contributed by atoms with Crippen LogP contribution >= 0.6 is 0 Å². The number of nitro groups is 1. The lowest BCUT2D eigenvalue weighted by Crippen LogP contribution is -2.10. The van der Waals surface area contributed by atoms with Gasteiger partial charge < -0.3 is 4.90 Å². The average molecular weight is 162 g/mol. The molecule has 0 saturated carbocycles. The van der Waals surface area contributed by atoms with E-state index in [0.717, 1.165) is 17.8 Å². The van der Waals surface area contributed by atoms with Crippen LogP contribution in [0.2, 0.25) is 0 Å². The highest BCUT2D eigenvalue weighted by Gasteiger charge is 2.51. The van der Waals surface area contributed by atoms with Crippen LogP contribution in [0.1, 0.15) is 11.6 Å². The largest absolute Gasteiger partial charge is 0.354 e. The molecule has 1 atom stereocenters. The Labute approximate surface area is 68.6 Å². The maximum absolute atomic E-state index is 10.6. The smallest absolute Gasteiger partial charge is 0.292 e. The van der Waals surface area contributed by atoms with Gasteiger partial charge in [-0.1, -0.05) is 12.1 Å². The molecular weight excluding hydrogens is 156 g/mol. The van der Waals surface area contributed by atoms with E-state index in [0.29, 0.717) is 6.04 Å². The molecule has 4 nitrogen and oxygen atoms in total. The fourth-order valence-electron chi connectivity index (χ4n) is 1.86. The number of hydrogen-bond donors (Lipinski definition) is 0. The monoisotopic (exact) mass is 162 g/mol. The first-order valence-electron chi connectivity index (χ1n) is 3.83. The first kappa shape index (κ1) is 5.99. The maximum Gasteiger partial charge on any atom is 0.292 e. The van der Waals surface area contributed by atoms with Crippen LogP contribution in [0.5, 0.6) is 0 Å². The first-order chi connectivity index (χ1) is 5.79. The van der Waals surface area contributed by atoms with Crippen LogP contribution in [-0.4, -0.2) is 11.5 Å². The molecule has 0 radical (unpaired) electrons. The zero-order chi connectivity index (χ0) is 8.29. The van der Waals surface area contributed by atoms with E-state index >= 15 is 0 Å². The van der Waals surface area contributed by atoms with Gasteiger partial charge in [0, 0.05) is 18.2 Å². The molecule has 0 aliphatic carbocycles. The third kappa shape index (κ3) is 0.501. The van der Waals surface area contributed by atoms with Crippen LogP contribution in [0.3, 0.4) is 0 Å². The lowest BCUT2D eigenvalue weighted by molar-refractivity contribution is -0.384. The predicted molar refractivity (Wildman–Crippen MR) is 43.2 cm³/mol. The summed E-state index contributed by atoms with van der Waals surface area (Å²) in [6, 6.07) is 5.79. The van der Waals surface area contributed by atoms with Crippen molar-refractivity contribution < 1.29 is 4.92 Å². The van der Waals surface area contributed by atoms with Crippen molar-refractivity contribution in [3.05, 3.63) is 33.9 Å². The number of fused-ring (bicyclic) bond motifs is 4. The Morgan fingerprint density at radius 2 is 2.42 bits per heavy atom. The van der Waals surface area contributed by atoms with Crippen LogP contribution in [-0.2, 0) is 0 Å². The van der Waals surface area contributed by atoms with Gasteiger partial charge in [-0.3, -0.25) is 10.1 Å². The average Bonchev–Trinajstić information content (AvgIpc) is 2.73. The summed E-state index contributed by atoms with van der Waals surface area (Å²) in [6.07, 6.45) is 0. The zero-order valence-corrected chi connectivity index (χ0v) is 6.23. The number of para-hydroxylation sites is 1. The Morgan fingerprint density at radius 1 is 1.58 bits per heavy atom. The number of hydrogen-bond acceptors (Lipinski definition) is 3. The molecule has 0 amide bonds. The molecule has 0 N–H and O–H groups in total. The minimum Gasteiger partial charge on any atom is -0.354 e. The lowest BCUT2D eigenvalue weighted by atomic mass is 10.0. The molecule has 2 heterocycles. The molecule has 1 saturated heterocycles. The van der Waals surface area contributed by atoms with Crippen molar-refractivity contribution in [3.63, 3.8) is 0 Å². The molecular formula is C8H6N2O2. The quantitative estimate of drug-likeness (QED) is 0.357. The van der Waals surface area contributed by atoms with Gasteiger partial charge in [0.2, 0.25) is 0 Å². The van der Waals surface area contributed by atoms with Crippen molar-refractivity contribution in [2.75, 3.05) is 11.4 Å². The first-order valence-corrected chi connectivity index (χ1v) is 3.83. The summed E-state index contributed by atoms with van der Waals surface area (Å²) in [6.45, 7) is 0.972. The SMILES string of the molecule is O=[N+]([O-])c1cccc2c1N1CC21. The molecule has 2 aliphatic rings. The molecule has 1 aromatic carbocycles. The Morgan fingerprint density at radius 3 is 3.17 bits per heavy atom. The van der Waals surface area contributed by atoms with Gasteiger partial charge in [0.25, 0.3) is 5.69 Å². The van der Waals surface area contributed by atoms with E-state index in [-0.39, 0.29) is 10.6 Å². The van der Waals surface area contributed by atoms with Crippen LogP contribution in [0, 0.1) is 10.1 Å². The molecule has 1 aromatic rings. The molecule has 12 heavy (non-hydrogen) atoms. The number of nitrogens with zero attached hydrogens (tertiary/aromatic N) is 2. The van der Waals surface area contributed by atoms with E-state index in [1.54, 1.807) is 12.1 Å². The topological polar surface area (TPSA) is 46.1 Å². The highest BCUT2D eigenvalue weighted by Crippen LogP contribution is 2.57. The lowest BCUT2D eigenvalue weighted by Gasteiger charge is -2.19. The highest BCUT2D eigenvalue weighted by molar-refractivity contribution is 5.82. The van der Waals surface area contributed by atoms with Crippen LogP contribution in [0.4, 0.5) is 11.4 Å². The van der Waals surface area contributed by atoms with Crippen LogP contribution in [0.25, 0.3) is 0 Å². The van der Waals surface area contributed by atoms with E-state index < -0.39 is 0 Å². The van der Waals surface area contributed by atoms with Gasteiger partial charge in [0.05, 0.1) is 11.0 Å². The molecule has 4 heteroatoms. The molecule has 60 valence electrons. The van der Waals surface area contributed by atoms with E-state index in [2.05, 4.69) is 0 Å². The van der Waals surface area contributed by atoms with E-state index in [1.807, 2.05) is 11.0 Å². The third-order valence-corrected chi connectivity index (χ3v) is 2.50. The van der Waals surface area contributed by atoms with Crippen molar-refractivity contribution >= 4 is 11.4 Å². The number of benzene rings is 1. The molecule has 0 aromatic heterocycles. The van der Waals surface area contributed by atoms with Crippen molar-refractivity contribution in [1.29, 1.82) is 0 Å². The Balaban J connectivity index is 2.23. The minimum absolute atomic E-state index is 0.251. The normalized spacial score (nSPS) is 22.3. The summed E-state index contributed by atoms with van der Waals surface area (Å²) in [5.41, 5.74) is 2.23. The van der Waals surface area contributed by atoms with Gasteiger partial charge in [0.1, 0.15) is 5.69 Å². The van der Waals surface area contributed by atoms with E-state index in [1.165, 1.54) is 0 Å². The summed E-state index contributed by atoms with van der Waals surface area (Å²) in [5, 5.41) is 10.6. The maximum atomic E-state index is 10.6. The fourth-order valence-corrected chi connectivity index (χ4v) is 1.86. The molecule has 1 unspecified atom stereocenters. The highest BCUT2D eigenvalue weighted by atomic mass is 16.6. The molecule has 0 spiro atoms. The van der Waals surface area contributed by atoms with Gasteiger partial charge in [-0.25, -0.2) is 0 Å². The Bertz CT molecular complexity index is 389. The molecule has 2 aliphatic heterocycles. The Kier molecular flexibility index (Phi) is 0.800. The molecule has 1 fully saturated rings. The summed E-state index contributed by atoms with van der Waals surface area (Å²) in [4.78, 5) is 12.3. The number of rotatable bonds is 1. The summed E-state index contributed by atoms with van der Waals surface area (Å²) >= 11 is 0. The molecule has 3 rings (SSSR count). The fraction of sp³-hybridized carbons (Fsp3) is 0.250. The summed E-state index contributed by atoms with van der Waals surface area (Å²) in [7, 11) is 0. The van der Waals surface area contributed by atoms with Gasteiger partial charge in [0.15, 0.2) is 0 Å². The standard InChI is InChI=1S/C8H6N2O2/c11-10(12)6-3-1-2-5-7-4-9(7)8(5)6/h1-3,7H,4H2. The number of anilines is 1. The van der Waals surface area contributed by atoms with Gasteiger partial charge in [-0.15, -0.1) is 0 Å². The second-order valence-electron chi connectivity index (χ2n) is 3.14. The predicted octanol–water partition coefficient (Wildman–Crippen LogP) is 1.47. The number of nitro benzene ring substituents is 1. The summed E-state index contributed by atoms with van der Waals surface area (Å²) < 4.78 is 0. The third-order valence-electron chi connectivity index (χ3n) is 2.50. The van der Waals surface area contributed by atoms with Gasteiger partial charge in [-0.05, 0) is 0 Å². The Hall–Kier alpha value is -1.58. The van der Waals surface area contributed by atoms with Crippen molar-refractivity contribution in [1.82, 2.24) is 0 Å².